The summed E-state index contributed by atoms with van der Waals surface area (Å²) >= 11 is 0. The smallest absolute Gasteiger partial charge is 0.160 e. The van der Waals surface area contributed by atoms with Crippen molar-refractivity contribution in [2.24, 2.45) is 0 Å². The van der Waals surface area contributed by atoms with Crippen LogP contribution in [0.15, 0.2) is 31.0 Å². The number of hydrogen-bond donors (Lipinski definition) is 0. The molecular weight excluding hydrogens is 198 g/mol. The molecule has 0 aliphatic heterocycles. The van der Waals surface area contributed by atoms with Crippen molar-refractivity contribution < 1.29 is 4.79 Å². The van der Waals surface area contributed by atoms with Crippen LogP contribution in [0.2, 0.25) is 0 Å². The van der Waals surface area contributed by atoms with E-state index in [4.69, 9.17) is 0 Å². The van der Waals surface area contributed by atoms with Gasteiger partial charge in [0.25, 0.3) is 0 Å². The first-order chi connectivity index (χ1) is 7.63. The van der Waals surface area contributed by atoms with Gasteiger partial charge in [0.05, 0.1) is 5.52 Å². The topological polar surface area (TPSA) is 30.0 Å². The molecule has 0 fully saturated rings. The van der Waals surface area contributed by atoms with Gasteiger partial charge in [-0.15, -0.1) is 0 Å². The molecule has 0 saturated carbocycles. The fourth-order valence-electron chi connectivity index (χ4n) is 1.82. The Morgan fingerprint density at radius 2 is 2.19 bits per heavy atom. The van der Waals surface area contributed by atoms with E-state index in [1.54, 1.807) is 19.2 Å². The first-order valence-electron chi connectivity index (χ1n) is 5.16. The Bertz CT molecular complexity index is 585. The van der Waals surface area contributed by atoms with Crippen LogP contribution >= 0.6 is 0 Å². The van der Waals surface area contributed by atoms with E-state index in [2.05, 4.69) is 11.6 Å². The highest BCUT2D eigenvalue weighted by Gasteiger charge is 2.08. The van der Waals surface area contributed by atoms with Gasteiger partial charge in [-0.3, -0.25) is 9.78 Å². The van der Waals surface area contributed by atoms with Crippen molar-refractivity contribution in [3.8, 4) is 0 Å². The SMILES string of the molecule is C=Cc1cc2nccc(C)c2cc1C(C)=O. The highest BCUT2D eigenvalue weighted by atomic mass is 16.1. The van der Waals surface area contributed by atoms with Crippen molar-refractivity contribution in [1.82, 2.24) is 4.98 Å². The molecule has 2 heteroatoms. The second-order valence-electron chi connectivity index (χ2n) is 3.84. The molecule has 1 heterocycles. The lowest BCUT2D eigenvalue weighted by molar-refractivity contribution is 0.101. The number of rotatable bonds is 2. The maximum absolute atomic E-state index is 11.5. The molecule has 0 unspecified atom stereocenters. The molecule has 16 heavy (non-hydrogen) atoms. The second kappa shape index (κ2) is 3.89. The molecule has 0 N–H and O–H groups in total. The molecule has 0 amide bonds. The second-order valence-corrected chi connectivity index (χ2v) is 3.84. The minimum atomic E-state index is 0.0556. The molecule has 80 valence electrons. The molecule has 0 spiro atoms. The lowest BCUT2D eigenvalue weighted by atomic mass is 9.99. The quantitative estimate of drug-likeness (QED) is 0.713. The van der Waals surface area contributed by atoms with Gasteiger partial charge in [-0.25, -0.2) is 0 Å². The van der Waals surface area contributed by atoms with Gasteiger partial charge in [0.15, 0.2) is 5.78 Å². The molecule has 2 nitrogen and oxygen atoms in total. The minimum Gasteiger partial charge on any atom is -0.294 e. The predicted octanol–water partition coefficient (Wildman–Crippen LogP) is 3.39. The van der Waals surface area contributed by atoms with Gasteiger partial charge < -0.3 is 0 Å². The maximum atomic E-state index is 11.5. The van der Waals surface area contributed by atoms with Crippen LogP contribution in [-0.4, -0.2) is 10.8 Å². The molecule has 0 bridgehead atoms. The van der Waals surface area contributed by atoms with Crippen molar-refractivity contribution in [3.63, 3.8) is 0 Å². The molecule has 2 rings (SSSR count). The normalized spacial score (nSPS) is 10.4. The largest absolute Gasteiger partial charge is 0.294 e. The highest BCUT2D eigenvalue weighted by molar-refractivity contribution is 6.02. The van der Waals surface area contributed by atoms with E-state index >= 15 is 0 Å². The number of pyridine rings is 1. The van der Waals surface area contributed by atoms with E-state index in [1.807, 2.05) is 25.1 Å². The number of nitrogens with zero attached hydrogens (tertiary/aromatic N) is 1. The summed E-state index contributed by atoms with van der Waals surface area (Å²) in [6.45, 7) is 7.31. The van der Waals surface area contributed by atoms with Crippen molar-refractivity contribution >= 4 is 22.8 Å². The van der Waals surface area contributed by atoms with Gasteiger partial charge in [0.1, 0.15) is 0 Å². The van der Waals surface area contributed by atoms with Crippen LogP contribution in [0.5, 0.6) is 0 Å². The first kappa shape index (κ1) is 10.6. The third-order valence-electron chi connectivity index (χ3n) is 2.73. The van der Waals surface area contributed by atoms with Crippen LogP contribution in [-0.2, 0) is 0 Å². The molecule has 0 aliphatic rings. The number of hydrogen-bond acceptors (Lipinski definition) is 2. The van der Waals surface area contributed by atoms with Crippen molar-refractivity contribution in [2.45, 2.75) is 13.8 Å². The summed E-state index contributed by atoms with van der Waals surface area (Å²) in [5.74, 6) is 0.0556. The Hall–Kier alpha value is -1.96. The number of benzene rings is 1. The molecule has 1 aromatic heterocycles. The van der Waals surface area contributed by atoms with Crippen molar-refractivity contribution in [3.05, 3.63) is 47.7 Å². The van der Waals surface area contributed by atoms with Crippen LogP contribution in [0.4, 0.5) is 0 Å². The molecule has 0 saturated heterocycles. The van der Waals surface area contributed by atoms with E-state index < -0.39 is 0 Å². The van der Waals surface area contributed by atoms with Crippen LogP contribution in [0.25, 0.3) is 17.0 Å². The number of aryl methyl sites for hydroxylation is 1. The van der Waals surface area contributed by atoms with Gasteiger partial charge in [0.2, 0.25) is 0 Å². The third kappa shape index (κ3) is 1.63. The zero-order chi connectivity index (χ0) is 11.7. The standard InChI is InChI=1S/C14H13NO/c1-4-11-7-14-12(8-13(11)10(3)16)9(2)5-6-15-14/h4-8H,1H2,2-3H3. The summed E-state index contributed by atoms with van der Waals surface area (Å²) < 4.78 is 0. The lowest BCUT2D eigenvalue weighted by Crippen LogP contribution is -1.97. The molecule has 2 aromatic rings. The van der Waals surface area contributed by atoms with E-state index in [1.165, 1.54) is 0 Å². The number of carbonyl (C=O) groups excluding carboxylic acids is 1. The van der Waals surface area contributed by atoms with E-state index in [9.17, 15) is 4.79 Å². The van der Waals surface area contributed by atoms with Gasteiger partial charge in [0, 0.05) is 17.1 Å². The molecule has 0 radical (unpaired) electrons. The highest BCUT2D eigenvalue weighted by Crippen LogP contribution is 2.22. The van der Waals surface area contributed by atoms with E-state index in [0.717, 1.165) is 22.0 Å². The number of ketones is 1. The summed E-state index contributed by atoms with van der Waals surface area (Å²) in [7, 11) is 0. The van der Waals surface area contributed by atoms with Gasteiger partial charge in [-0.05, 0) is 43.2 Å². The van der Waals surface area contributed by atoms with Gasteiger partial charge >= 0.3 is 0 Å². The Balaban J connectivity index is 2.86. The molecule has 1 aromatic carbocycles. The monoisotopic (exact) mass is 211 g/mol. The predicted molar refractivity (Wildman–Crippen MR) is 66.6 cm³/mol. The van der Waals surface area contributed by atoms with E-state index in [0.29, 0.717) is 5.56 Å². The summed E-state index contributed by atoms with van der Waals surface area (Å²) in [4.78, 5) is 15.8. The van der Waals surface area contributed by atoms with Crippen LogP contribution in [0.1, 0.15) is 28.4 Å². The molecular formula is C14H13NO. The molecule has 0 aliphatic carbocycles. The number of carbonyl (C=O) groups is 1. The number of Topliss-reactive ketones (excluding diaryl/α,β-unsaturated/α-hetero) is 1. The van der Waals surface area contributed by atoms with Crippen molar-refractivity contribution in [2.75, 3.05) is 0 Å². The summed E-state index contributed by atoms with van der Waals surface area (Å²) in [5, 5.41) is 1.03. The zero-order valence-corrected chi connectivity index (χ0v) is 9.45. The Kier molecular flexibility index (Phi) is 2.57. The van der Waals surface area contributed by atoms with E-state index in [-0.39, 0.29) is 5.78 Å². The fraction of sp³-hybridized carbons (Fsp3) is 0.143. The summed E-state index contributed by atoms with van der Waals surface area (Å²) in [6, 6.07) is 5.75. The zero-order valence-electron chi connectivity index (χ0n) is 9.45. The Labute approximate surface area is 94.6 Å². The van der Waals surface area contributed by atoms with Gasteiger partial charge in [-0.2, -0.15) is 0 Å². The fourth-order valence-corrected chi connectivity index (χ4v) is 1.82. The minimum absolute atomic E-state index is 0.0556. The van der Waals surface area contributed by atoms with Crippen LogP contribution in [0.3, 0.4) is 0 Å². The lowest BCUT2D eigenvalue weighted by Gasteiger charge is -2.07. The maximum Gasteiger partial charge on any atom is 0.160 e. The Morgan fingerprint density at radius 1 is 1.44 bits per heavy atom. The van der Waals surface area contributed by atoms with Crippen LogP contribution in [0, 0.1) is 6.92 Å². The number of fused-ring (bicyclic) bond motifs is 1. The third-order valence-corrected chi connectivity index (χ3v) is 2.73. The van der Waals surface area contributed by atoms with Gasteiger partial charge in [-0.1, -0.05) is 12.7 Å². The Morgan fingerprint density at radius 3 is 2.81 bits per heavy atom. The molecule has 0 atom stereocenters. The van der Waals surface area contributed by atoms with Crippen LogP contribution < -0.4 is 0 Å². The average Bonchev–Trinajstić information content (AvgIpc) is 2.27. The summed E-state index contributed by atoms with van der Waals surface area (Å²) in [5.41, 5.74) is 3.58. The number of aromatic nitrogens is 1. The average molecular weight is 211 g/mol. The van der Waals surface area contributed by atoms with Crippen molar-refractivity contribution in [1.29, 1.82) is 0 Å². The first-order valence-corrected chi connectivity index (χ1v) is 5.16. The summed E-state index contributed by atoms with van der Waals surface area (Å²) in [6.07, 6.45) is 3.47.